The molecule has 94 valence electrons. The molecule has 1 aromatic carbocycles. The van der Waals surface area contributed by atoms with Gasteiger partial charge in [0.2, 0.25) is 0 Å². The van der Waals surface area contributed by atoms with Crippen molar-refractivity contribution in [1.29, 1.82) is 0 Å². The SMILES string of the molecule is CCOc1cc(C)c(CNCC(=O)O)cc1C. The Hall–Kier alpha value is -1.55. The quantitative estimate of drug-likeness (QED) is 0.793. The monoisotopic (exact) mass is 237 g/mol. The first-order valence-corrected chi connectivity index (χ1v) is 5.70. The standard InChI is InChI=1S/C13H19NO3/c1-4-17-12-6-9(2)11(5-10(12)3)7-14-8-13(15)16/h5-6,14H,4,7-8H2,1-3H3,(H,15,16). The first-order valence-electron chi connectivity index (χ1n) is 5.70. The van der Waals surface area contributed by atoms with Crippen molar-refractivity contribution in [1.82, 2.24) is 5.32 Å². The summed E-state index contributed by atoms with van der Waals surface area (Å²) in [6.07, 6.45) is 0. The number of rotatable bonds is 6. The molecule has 0 aliphatic rings. The Morgan fingerprint density at radius 3 is 2.65 bits per heavy atom. The molecule has 0 radical (unpaired) electrons. The van der Waals surface area contributed by atoms with Crippen LogP contribution in [-0.2, 0) is 11.3 Å². The Kier molecular flexibility index (Phi) is 4.97. The van der Waals surface area contributed by atoms with Crippen molar-refractivity contribution >= 4 is 5.97 Å². The molecule has 0 amide bonds. The van der Waals surface area contributed by atoms with Gasteiger partial charge in [-0.1, -0.05) is 6.07 Å². The lowest BCUT2D eigenvalue weighted by Gasteiger charge is -2.12. The van der Waals surface area contributed by atoms with E-state index in [4.69, 9.17) is 9.84 Å². The highest BCUT2D eigenvalue weighted by Crippen LogP contribution is 2.22. The summed E-state index contributed by atoms with van der Waals surface area (Å²) in [6, 6.07) is 4.03. The van der Waals surface area contributed by atoms with E-state index in [-0.39, 0.29) is 6.54 Å². The molecule has 0 aliphatic carbocycles. The molecule has 0 saturated heterocycles. The molecule has 1 aromatic rings. The zero-order valence-electron chi connectivity index (χ0n) is 10.5. The van der Waals surface area contributed by atoms with Gasteiger partial charge in [-0.05, 0) is 43.5 Å². The number of nitrogens with one attached hydrogen (secondary N) is 1. The van der Waals surface area contributed by atoms with E-state index >= 15 is 0 Å². The van der Waals surface area contributed by atoms with Crippen LogP contribution in [0.5, 0.6) is 5.75 Å². The number of hydrogen-bond acceptors (Lipinski definition) is 3. The van der Waals surface area contributed by atoms with Crippen LogP contribution in [0.2, 0.25) is 0 Å². The molecule has 2 N–H and O–H groups in total. The predicted octanol–water partition coefficient (Wildman–Crippen LogP) is 1.88. The van der Waals surface area contributed by atoms with Gasteiger partial charge in [0.25, 0.3) is 0 Å². The summed E-state index contributed by atoms with van der Waals surface area (Å²) >= 11 is 0. The number of aryl methyl sites for hydroxylation is 2. The van der Waals surface area contributed by atoms with Crippen LogP contribution in [0.3, 0.4) is 0 Å². The van der Waals surface area contributed by atoms with Gasteiger partial charge in [-0.15, -0.1) is 0 Å². The van der Waals surface area contributed by atoms with Crippen LogP contribution in [0.4, 0.5) is 0 Å². The van der Waals surface area contributed by atoms with Gasteiger partial charge in [0, 0.05) is 6.54 Å². The van der Waals surface area contributed by atoms with E-state index in [2.05, 4.69) is 5.32 Å². The molecule has 0 unspecified atom stereocenters. The maximum atomic E-state index is 10.4. The van der Waals surface area contributed by atoms with Crippen molar-refractivity contribution in [3.05, 3.63) is 28.8 Å². The minimum Gasteiger partial charge on any atom is -0.494 e. The molecule has 0 aromatic heterocycles. The Morgan fingerprint density at radius 1 is 1.35 bits per heavy atom. The molecule has 0 heterocycles. The smallest absolute Gasteiger partial charge is 0.317 e. The van der Waals surface area contributed by atoms with Crippen molar-refractivity contribution in [2.24, 2.45) is 0 Å². The molecule has 0 spiro atoms. The molecule has 0 saturated carbocycles. The Balaban J connectivity index is 2.73. The number of hydrogen-bond donors (Lipinski definition) is 2. The van der Waals surface area contributed by atoms with Gasteiger partial charge in [0.15, 0.2) is 0 Å². The number of benzene rings is 1. The molecule has 1 rings (SSSR count). The van der Waals surface area contributed by atoms with Crippen LogP contribution >= 0.6 is 0 Å². The van der Waals surface area contributed by atoms with Crippen molar-refractivity contribution in [2.45, 2.75) is 27.3 Å². The second-order valence-electron chi connectivity index (χ2n) is 3.97. The maximum Gasteiger partial charge on any atom is 0.317 e. The number of carbonyl (C=O) groups is 1. The van der Waals surface area contributed by atoms with Crippen LogP contribution in [-0.4, -0.2) is 24.2 Å². The van der Waals surface area contributed by atoms with Crippen molar-refractivity contribution in [2.75, 3.05) is 13.2 Å². The van der Waals surface area contributed by atoms with Gasteiger partial charge in [-0.3, -0.25) is 4.79 Å². The summed E-state index contributed by atoms with van der Waals surface area (Å²) in [5, 5.41) is 11.4. The number of carboxylic acids is 1. The number of carboxylic acid groups (broad SMARTS) is 1. The second-order valence-corrected chi connectivity index (χ2v) is 3.97. The normalized spacial score (nSPS) is 10.3. The van der Waals surface area contributed by atoms with Crippen LogP contribution in [0.25, 0.3) is 0 Å². The van der Waals surface area contributed by atoms with Crippen LogP contribution in [0.1, 0.15) is 23.6 Å². The average molecular weight is 237 g/mol. The van der Waals surface area contributed by atoms with E-state index in [1.807, 2.05) is 32.9 Å². The van der Waals surface area contributed by atoms with Crippen molar-refractivity contribution in [3.8, 4) is 5.75 Å². The second kappa shape index (κ2) is 6.25. The van der Waals surface area contributed by atoms with E-state index in [0.29, 0.717) is 13.2 Å². The molecular formula is C13H19NO3. The van der Waals surface area contributed by atoms with Crippen LogP contribution in [0, 0.1) is 13.8 Å². The molecule has 0 atom stereocenters. The van der Waals surface area contributed by atoms with Gasteiger partial charge >= 0.3 is 5.97 Å². The molecular weight excluding hydrogens is 218 g/mol. The lowest BCUT2D eigenvalue weighted by molar-refractivity contribution is -0.135. The third-order valence-electron chi connectivity index (χ3n) is 2.53. The first-order chi connectivity index (χ1) is 8.04. The summed E-state index contributed by atoms with van der Waals surface area (Å²) in [5.74, 6) is 0.0531. The highest BCUT2D eigenvalue weighted by Gasteiger charge is 2.05. The summed E-state index contributed by atoms with van der Waals surface area (Å²) in [4.78, 5) is 10.4. The molecule has 0 fully saturated rings. The topological polar surface area (TPSA) is 58.6 Å². The van der Waals surface area contributed by atoms with Crippen molar-refractivity contribution in [3.63, 3.8) is 0 Å². The Labute approximate surface area is 102 Å². The molecule has 17 heavy (non-hydrogen) atoms. The van der Waals surface area contributed by atoms with E-state index < -0.39 is 5.97 Å². The molecule has 4 heteroatoms. The number of aliphatic carboxylic acids is 1. The number of ether oxygens (including phenoxy) is 1. The Morgan fingerprint density at radius 2 is 2.06 bits per heavy atom. The molecule has 0 aliphatic heterocycles. The van der Waals surface area contributed by atoms with Gasteiger partial charge < -0.3 is 15.2 Å². The van der Waals surface area contributed by atoms with E-state index in [1.165, 1.54) is 0 Å². The highest BCUT2D eigenvalue weighted by atomic mass is 16.5. The average Bonchev–Trinajstić information content (AvgIpc) is 2.24. The Bertz CT molecular complexity index is 402. The first kappa shape index (κ1) is 13.5. The van der Waals surface area contributed by atoms with Crippen molar-refractivity contribution < 1.29 is 14.6 Å². The van der Waals surface area contributed by atoms with Gasteiger partial charge in [-0.25, -0.2) is 0 Å². The van der Waals surface area contributed by atoms with Gasteiger partial charge in [0.05, 0.1) is 13.2 Å². The highest BCUT2D eigenvalue weighted by molar-refractivity contribution is 5.69. The summed E-state index contributed by atoms with van der Waals surface area (Å²) < 4.78 is 5.50. The third kappa shape index (κ3) is 4.07. The lowest BCUT2D eigenvalue weighted by atomic mass is 10.0. The largest absolute Gasteiger partial charge is 0.494 e. The molecule has 0 bridgehead atoms. The van der Waals surface area contributed by atoms with E-state index in [1.54, 1.807) is 0 Å². The zero-order chi connectivity index (χ0) is 12.8. The van der Waals surface area contributed by atoms with Gasteiger partial charge in [-0.2, -0.15) is 0 Å². The minimum atomic E-state index is -0.842. The minimum absolute atomic E-state index is 0.0221. The fourth-order valence-electron chi connectivity index (χ4n) is 1.66. The maximum absolute atomic E-state index is 10.4. The van der Waals surface area contributed by atoms with E-state index in [0.717, 1.165) is 22.4 Å². The predicted molar refractivity (Wildman–Crippen MR) is 66.4 cm³/mol. The molecule has 4 nitrogen and oxygen atoms in total. The summed E-state index contributed by atoms with van der Waals surface area (Å²) in [6.45, 7) is 7.13. The summed E-state index contributed by atoms with van der Waals surface area (Å²) in [5.41, 5.74) is 3.29. The van der Waals surface area contributed by atoms with Gasteiger partial charge in [0.1, 0.15) is 5.75 Å². The van der Waals surface area contributed by atoms with E-state index in [9.17, 15) is 4.79 Å². The summed E-state index contributed by atoms with van der Waals surface area (Å²) in [7, 11) is 0. The lowest BCUT2D eigenvalue weighted by Crippen LogP contribution is -2.22. The zero-order valence-corrected chi connectivity index (χ0v) is 10.5. The van der Waals surface area contributed by atoms with Crippen LogP contribution in [0.15, 0.2) is 12.1 Å². The fraction of sp³-hybridized carbons (Fsp3) is 0.462. The fourth-order valence-corrected chi connectivity index (χ4v) is 1.66. The third-order valence-corrected chi connectivity index (χ3v) is 2.53. The van der Waals surface area contributed by atoms with Crippen LogP contribution < -0.4 is 10.1 Å².